The Labute approximate surface area is 252 Å². The molecule has 1 unspecified atom stereocenters. The minimum absolute atomic E-state index is 0.129. The highest BCUT2D eigenvalue weighted by Crippen LogP contribution is 2.43. The van der Waals surface area contributed by atoms with Gasteiger partial charge >= 0.3 is 12.2 Å². The summed E-state index contributed by atoms with van der Waals surface area (Å²) in [6, 6.07) is 11.7. The average Bonchev–Trinajstić information content (AvgIpc) is 3.52. The molecular weight excluding hydrogens is 577 g/mol. The monoisotopic (exact) mass is 610 g/mol. The van der Waals surface area contributed by atoms with Gasteiger partial charge in [0.15, 0.2) is 17.9 Å². The molecule has 9 nitrogen and oxygen atoms in total. The van der Waals surface area contributed by atoms with E-state index in [4.69, 9.17) is 24.4 Å². The average molecular weight is 611 g/mol. The molecule has 0 spiro atoms. The Balaban J connectivity index is 1.48. The van der Waals surface area contributed by atoms with Crippen LogP contribution in [-0.4, -0.2) is 43.3 Å². The summed E-state index contributed by atoms with van der Waals surface area (Å²) in [7, 11) is 3.10. The van der Waals surface area contributed by atoms with E-state index in [1.54, 1.807) is 32.1 Å². The molecule has 1 atom stereocenters. The van der Waals surface area contributed by atoms with Gasteiger partial charge < -0.3 is 34.6 Å². The number of ether oxygens (including phenoxy) is 3. The lowest BCUT2D eigenvalue weighted by molar-refractivity contribution is -0.137. The fourth-order valence-corrected chi connectivity index (χ4v) is 5.42. The predicted molar refractivity (Wildman–Crippen MR) is 157 cm³/mol. The number of carbonyl (C=O) groups excluding carboxylic acids is 1. The number of alkyl halides is 3. The zero-order valence-electron chi connectivity index (χ0n) is 24.5. The summed E-state index contributed by atoms with van der Waals surface area (Å²) in [5, 5.41) is 2.85. The number of nitrogens with two attached hydrogens (primary N) is 1. The lowest BCUT2D eigenvalue weighted by Crippen LogP contribution is -2.46. The van der Waals surface area contributed by atoms with E-state index in [-0.39, 0.29) is 6.54 Å². The first-order chi connectivity index (χ1) is 21.1. The quantitative estimate of drug-likeness (QED) is 0.221. The summed E-state index contributed by atoms with van der Waals surface area (Å²) >= 11 is 0. The summed E-state index contributed by atoms with van der Waals surface area (Å²) in [5.74, 6) is 1.56. The first kappa shape index (κ1) is 30.6. The van der Waals surface area contributed by atoms with Crippen LogP contribution in [0.4, 0.5) is 23.7 Å². The van der Waals surface area contributed by atoms with Crippen LogP contribution in [0.3, 0.4) is 0 Å². The SMILES string of the molecule is COc1ccc(CCOc2cc3c(cc2OC)CCN(C(=O)NCc2cocn2)C3c2ccc(C(F)(F)F)cc2C)cc1N. The minimum atomic E-state index is -4.49. The largest absolute Gasteiger partial charge is 0.495 e. The summed E-state index contributed by atoms with van der Waals surface area (Å²) < 4.78 is 62.6. The molecule has 1 aliphatic rings. The van der Waals surface area contributed by atoms with Crippen molar-refractivity contribution in [2.75, 3.05) is 33.1 Å². The van der Waals surface area contributed by atoms with E-state index in [2.05, 4.69) is 10.3 Å². The smallest absolute Gasteiger partial charge is 0.416 e. The standard InChI is InChI=1S/C32H33F3N4O5/c1-19-12-22(32(33,34)35)5-6-24(19)30-25-15-29(44-11-9-20-4-7-27(41-2)26(36)13-20)28(42-3)14-21(25)8-10-39(30)31(40)37-16-23-17-43-18-38-23/h4-7,12-15,17-18,30H,8-11,16,36H2,1-3H3,(H,37,40). The zero-order valence-corrected chi connectivity index (χ0v) is 24.5. The third-order valence-corrected chi connectivity index (χ3v) is 7.65. The third kappa shape index (κ3) is 6.53. The number of nitrogen functional groups attached to an aromatic ring is 1. The van der Waals surface area contributed by atoms with Crippen LogP contribution in [0.25, 0.3) is 0 Å². The molecule has 1 aliphatic heterocycles. The number of amides is 2. The van der Waals surface area contributed by atoms with Crippen molar-refractivity contribution < 1.29 is 36.6 Å². The fourth-order valence-electron chi connectivity index (χ4n) is 5.42. The molecule has 0 bridgehead atoms. The Morgan fingerprint density at radius 3 is 2.52 bits per heavy atom. The van der Waals surface area contributed by atoms with Crippen molar-refractivity contribution in [2.45, 2.75) is 38.5 Å². The molecule has 3 aromatic carbocycles. The van der Waals surface area contributed by atoms with Crippen LogP contribution in [0.5, 0.6) is 17.2 Å². The lowest BCUT2D eigenvalue weighted by Gasteiger charge is -2.39. The molecule has 3 N–H and O–H groups in total. The summed E-state index contributed by atoms with van der Waals surface area (Å²) in [6.45, 7) is 2.37. The van der Waals surface area contributed by atoms with Crippen LogP contribution < -0.4 is 25.3 Å². The molecular formula is C32H33F3N4O5. The van der Waals surface area contributed by atoms with Crippen LogP contribution in [0, 0.1) is 6.92 Å². The van der Waals surface area contributed by atoms with Gasteiger partial charge in [-0.15, -0.1) is 0 Å². The van der Waals surface area contributed by atoms with Gasteiger partial charge in [0.2, 0.25) is 0 Å². The van der Waals surface area contributed by atoms with Gasteiger partial charge in [0.25, 0.3) is 0 Å². The first-order valence-corrected chi connectivity index (χ1v) is 13.9. The maximum absolute atomic E-state index is 13.5. The number of carbonyl (C=O) groups is 1. The van der Waals surface area contributed by atoms with Crippen LogP contribution in [0.15, 0.2) is 65.6 Å². The molecule has 2 amide bonds. The number of hydrogen-bond donors (Lipinski definition) is 2. The zero-order chi connectivity index (χ0) is 31.4. The van der Waals surface area contributed by atoms with Crippen molar-refractivity contribution in [3.8, 4) is 17.2 Å². The summed E-state index contributed by atoms with van der Waals surface area (Å²) in [6.07, 6.45) is -0.743. The summed E-state index contributed by atoms with van der Waals surface area (Å²) in [5.41, 5.74) is 9.92. The molecule has 0 saturated carbocycles. The number of hydrogen-bond acceptors (Lipinski definition) is 7. The van der Waals surface area contributed by atoms with Gasteiger partial charge in [-0.05, 0) is 77.6 Å². The molecule has 1 aromatic heterocycles. The molecule has 0 aliphatic carbocycles. The highest BCUT2D eigenvalue weighted by Gasteiger charge is 2.36. The Hall–Kier alpha value is -4.87. The topological polar surface area (TPSA) is 112 Å². The number of aryl methyl sites for hydroxylation is 1. The van der Waals surface area contributed by atoms with E-state index >= 15 is 0 Å². The van der Waals surface area contributed by atoms with Crippen molar-refractivity contribution >= 4 is 11.7 Å². The second kappa shape index (κ2) is 12.8. The van der Waals surface area contributed by atoms with Crippen molar-refractivity contribution in [1.29, 1.82) is 0 Å². The molecule has 12 heteroatoms. The third-order valence-electron chi connectivity index (χ3n) is 7.65. The van der Waals surface area contributed by atoms with E-state index in [0.717, 1.165) is 28.8 Å². The molecule has 232 valence electrons. The van der Waals surface area contributed by atoms with Crippen molar-refractivity contribution in [1.82, 2.24) is 15.2 Å². The Morgan fingerprint density at radius 1 is 1.07 bits per heavy atom. The van der Waals surface area contributed by atoms with Crippen molar-refractivity contribution in [3.63, 3.8) is 0 Å². The van der Waals surface area contributed by atoms with Crippen molar-refractivity contribution in [2.24, 2.45) is 0 Å². The second-order valence-electron chi connectivity index (χ2n) is 10.4. The van der Waals surface area contributed by atoms with E-state index in [1.807, 2.05) is 24.3 Å². The molecule has 5 rings (SSSR count). The molecule has 4 aromatic rings. The van der Waals surface area contributed by atoms with Gasteiger partial charge in [0.05, 0.1) is 50.4 Å². The maximum atomic E-state index is 13.5. The van der Waals surface area contributed by atoms with Gasteiger partial charge in [0.1, 0.15) is 12.0 Å². The number of rotatable bonds is 9. The van der Waals surface area contributed by atoms with Gasteiger partial charge in [-0.3, -0.25) is 0 Å². The van der Waals surface area contributed by atoms with Crippen LogP contribution >= 0.6 is 0 Å². The van der Waals surface area contributed by atoms with Gasteiger partial charge in [-0.2, -0.15) is 13.2 Å². The van der Waals surface area contributed by atoms with E-state index in [9.17, 15) is 18.0 Å². The highest BCUT2D eigenvalue weighted by atomic mass is 19.4. The van der Waals surface area contributed by atoms with Gasteiger partial charge in [-0.1, -0.05) is 12.1 Å². The van der Waals surface area contributed by atoms with Crippen LogP contribution in [0.2, 0.25) is 0 Å². The first-order valence-electron chi connectivity index (χ1n) is 13.9. The predicted octanol–water partition coefficient (Wildman–Crippen LogP) is 6.08. The summed E-state index contributed by atoms with van der Waals surface area (Å²) in [4.78, 5) is 19.2. The van der Waals surface area contributed by atoms with Crippen LogP contribution in [-0.2, 0) is 25.6 Å². The lowest BCUT2D eigenvalue weighted by atomic mass is 9.85. The van der Waals surface area contributed by atoms with E-state index < -0.39 is 23.8 Å². The van der Waals surface area contributed by atoms with Gasteiger partial charge in [-0.25, -0.2) is 9.78 Å². The minimum Gasteiger partial charge on any atom is -0.495 e. The fraction of sp³-hybridized carbons (Fsp3) is 0.312. The molecule has 44 heavy (non-hydrogen) atoms. The van der Waals surface area contributed by atoms with Crippen LogP contribution in [0.1, 0.15) is 45.1 Å². The number of nitrogens with zero attached hydrogens (tertiary/aromatic N) is 2. The van der Waals surface area contributed by atoms with E-state index in [0.29, 0.717) is 65.8 Å². The normalized spacial score (nSPS) is 14.6. The number of fused-ring (bicyclic) bond motifs is 1. The number of halogens is 3. The number of oxazole rings is 1. The molecule has 0 fully saturated rings. The Morgan fingerprint density at radius 2 is 1.86 bits per heavy atom. The Bertz CT molecular complexity index is 1630. The molecule has 0 radical (unpaired) electrons. The number of benzene rings is 3. The number of urea groups is 1. The number of methoxy groups -OCH3 is 2. The second-order valence-corrected chi connectivity index (χ2v) is 10.4. The number of anilines is 1. The maximum Gasteiger partial charge on any atom is 0.416 e. The van der Waals surface area contributed by atoms with Crippen molar-refractivity contribution in [3.05, 3.63) is 100 Å². The van der Waals surface area contributed by atoms with Gasteiger partial charge in [0, 0.05) is 13.0 Å². The van der Waals surface area contributed by atoms with E-state index in [1.165, 1.54) is 18.7 Å². The molecule has 2 heterocycles. The number of nitrogens with one attached hydrogen (secondary N) is 1. The Kier molecular flexibility index (Phi) is 8.88. The molecule has 0 saturated heterocycles. The highest BCUT2D eigenvalue weighted by molar-refractivity contribution is 5.76. The number of aromatic nitrogens is 1.